The first-order chi connectivity index (χ1) is 11.3. The van der Waals surface area contributed by atoms with Crippen molar-refractivity contribution in [3.8, 4) is 5.75 Å². The van der Waals surface area contributed by atoms with Gasteiger partial charge in [0.15, 0.2) is 5.96 Å². The van der Waals surface area contributed by atoms with Crippen LogP contribution in [0.5, 0.6) is 5.75 Å². The molecule has 23 heavy (non-hydrogen) atoms. The lowest BCUT2D eigenvalue weighted by Gasteiger charge is -2.11. The van der Waals surface area contributed by atoms with Crippen LogP contribution in [0.2, 0.25) is 0 Å². The highest BCUT2D eigenvalue weighted by molar-refractivity contribution is 7.07. The normalized spacial score (nSPS) is 11.3. The Kier molecular flexibility index (Phi) is 7.39. The highest BCUT2D eigenvalue weighted by atomic mass is 32.1. The topological polar surface area (TPSA) is 45.7 Å². The summed E-state index contributed by atoms with van der Waals surface area (Å²) in [5.74, 6) is 1.24. The van der Waals surface area contributed by atoms with E-state index in [4.69, 9.17) is 4.74 Å². The number of benzene rings is 1. The number of aliphatic imine (C=N–C) groups is 1. The molecular formula is C17H22FN3OS. The van der Waals surface area contributed by atoms with Crippen LogP contribution >= 0.6 is 11.3 Å². The highest BCUT2D eigenvalue weighted by Gasteiger charge is 1.99. The standard InChI is InChI=1S/C17H22FN3OS/c1-2-19-17(21-12-14-8-11-23-13-14)20-9-3-10-22-16-6-4-15(18)5-7-16/h4-8,11,13H,2-3,9-10,12H2,1H3,(H2,19,20,21). The Bertz CT molecular complexity index is 584. The van der Waals surface area contributed by atoms with Gasteiger partial charge in [-0.05, 0) is 60.0 Å². The number of thiophene rings is 1. The zero-order valence-corrected chi connectivity index (χ0v) is 14.0. The van der Waals surface area contributed by atoms with E-state index in [0.29, 0.717) is 18.9 Å². The number of halogens is 1. The first-order valence-corrected chi connectivity index (χ1v) is 8.64. The average Bonchev–Trinajstić information content (AvgIpc) is 3.07. The molecule has 6 heteroatoms. The Hall–Kier alpha value is -2.08. The van der Waals surface area contributed by atoms with Crippen molar-refractivity contribution < 1.29 is 9.13 Å². The maximum absolute atomic E-state index is 12.8. The van der Waals surface area contributed by atoms with Crippen LogP contribution in [0.3, 0.4) is 0 Å². The molecule has 0 bridgehead atoms. The van der Waals surface area contributed by atoms with Crippen molar-refractivity contribution >= 4 is 17.3 Å². The molecule has 1 heterocycles. The molecule has 0 saturated heterocycles. The molecule has 4 nitrogen and oxygen atoms in total. The lowest BCUT2D eigenvalue weighted by Crippen LogP contribution is -2.38. The number of nitrogens with one attached hydrogen (secondary N) is 2. The van der Waals surface area contributed by atoms with E-state index in [1.54, 1.807) is 23.5 Å². The third kappa shape index (κ3) is 6.69. The van der Waals surface area contributed by atoms with Gasteiger partial charge in [0, 0.05) is 13.1 Å². The van der Waals surface area contributed by atoms with Crippen LogP contribution in [0.1, 0.15) is 18.9 Å². The summed E-state index contributed by atoms with van der Waals surface area (Å²) >= 11 is 1.68. The summed E-state index contributed by atoms with van der Waals surface area (Å²) in [7, 11) is 0. The third-order valence-corrected chi connectivity index (χ3v) is 3.77. The molecule has 2 N–H and O–H groups in total. The predicted molar refractivity (Wildman–Crippen MR) is 93.6 cm³/mol. The second kappa shape index (κ2) is 9.84. The summed E-state index contributed by atoms with van der Waals surface area (Å²) in [4.78, 5) is 4.54. The molecule has 0 saturated carbocycles. The number of nitrogens with zero attached hydrogens (tertiary/aromatic N) is 1. The van der Waals surface area contributed by atoms with Gasteiger partial charge in [0.1, 0.15) is 11.6 Å². The monoisotopic (exact) mass is 335 g/mol. The van der Waals surface area contributed by atoms with Gasteiger partial charge >= 0.3 is 0 Å². The molecule has 0 aliphatic carbocycles. The predicted octanol–water partition coefficient (Wildman–Crippen LogP) is 3.41. The smallest absolute Gasteiger partial charge is 0.191 e. The Morgan fingerprint density at radius 2 is 2.04 bits per heavy atom. The van der Waals surface area contributed by atoms with E-state index < -0.39 is 0 Å². The first kappa shape index (κ1) is 17.3. The largest absolute Gasteiger partial charge is 0.494 e. The van der Waals surface area contributed by atoms with Crippen LogP contribution in [-0.4, -0.2) is 25.7 Å². The van der Waals surface area contributed by atoms with Crippen molar-refractivity contribution in [1.29, 1.82) is 0 Å². The van der Waals surface area contributed by atoms with Crippen LogP contribution in [0.25, 0.3) is 0 Å². The van der Waals surface area contributed by atoms with Gasteiger partial charge in [0.25, 0.3) is 0 Å². The molecule has 124 valence electrons. The molecule has 2 rings (SSSR count). The first-order valence-electron chi connectivity index (χ1n) is 7.69. The van der Waals surface area contributed by atoms with E-state index in [9.17, 15) is 4.39 Å². The molecule has 0 radical (unpaired) electrons. The third-order valence-electron chi connectivity index (χ3n) is 3.04. The number of ether oxygens (including phenoxy) is 1. The molecule has 0 fully saturated rings. The van der Waals surface area contributed by atoms with Crippen molar-refractivity contribution in [3.63, 3.8) is 0 Å². The second-order valence-electron chi connectivity index (χ2n) is 4.91. The fraction of sp³-hybridized carbons (Fsp3) is 0.353. The minimum atomic E-state index is -0.254. The number of hydrogen-bond donors (Lipinski definition) is 2. The fourth-order valence-electron chi connectivity index (χ4n) is 1.89. The Morgan fingerprint density at radius 1 is 1.22 bits per heavy atom. The molecular weight excluding hydrogens is 313 g/mol. The zero-order chi connectivity index (χ0) is 16.3. The lowest BCUT2D eigenvalue weighted by atomic mass is 10.3. The van der Waals surface area contributed by atoms with Crippen LogP contribution in [0, 0.1) is 5.82 Å². The number of guanidine groups is 1. The number of rotatable bonds is 8. The SMILES string of the molecule is CCNC(=NCc1ccsc1)NCCCOc1ccc(F)cc1. The van der Waals surface area contributed by atoms with E-state index in [2.05, 4.69) is 32.5 Å². The summed E-state index contributed by atoms with van der Waals surface area (Å²) in [6, 6.07) is 8.14. The Balaban J connectivity index is 1.67. The van der Waals surface area contributed by atoms with Crippen molar-refractivity contribution in [2.75, 3.05) is 19.7 Å². The summed E-state index contributed by atoms with van der Waals surface area (Å²) < 4.78 is 18.3. The van der Waals surface area contributed by atoms with E-state index in [-0.39, 0.29) is 5.82 Å². The quantitative estimate of drug-likeness (QED) is 0.441. The maximum Gasteiger partial charge on any atom is 0.191 e. The van der Waals surface area contributed by atoms with Crippen molar-refractivity contribution in [2.45, 2.75) is 19.9 Å². The van der Waals surface area contributed by atoms with Gasteiger partial charge in [-0.15, -0.1) is 0 Å². The second-order valence-corrected chi connectivity index (χ2v) is 5.69. The minimum absolute atomic E-state index is 0.254. The van der Waals surface area contributed by atoms with Crippen LogP contribution in [-0.2, 0) is 6.54 Å². The van der Waals surface area contributed by atoms with Gasteiger partial charge in [0.2, 0.25) is 0 Å². The van der Waals surface area contributed by atoms with E-state index in [1.807, 2.05) is 6.92 Å². The van der Waals surface area contributed by atoms with Crippen molar-refractivity contribution in [1.82, 2.24) is 10.6 Å². The van der Waals surface area contributed by atoms with E-state index >= 15 is 0 Å². The average molecular weight is 335 g/mol. The summed E-state index contributed by atoms with van der Waals surface area (Å²) in [5, 5.41) is 10.7. The van der Waals surface area contributed by atoms with Gasteiger partial charge in [-0.25, -0.2) is 9.38 Å². The maximum atomic E-state index is 12.8. The molecule has 0 spiro atoms. The van der Waals surface area contributed by atoms with Crippen LogP contribution in [0.15, 0.2) is 46.1 Å². The number of hydrogen-bond acceptors (Lipinski definition) is 3. The van der Waals surface area contributed by atoms with Crippen molar-refractivity contribution in [3.05, 3.63) is 52.5 Å². The summed E-state index contributed by atoms with van der Waals surface area (Å²) in [6.45, 7) is 4.87. The zero-order valence-electron chi connectivity index (χ0n) is 13.2. The fourth-order valence-corrected chi connectivity index (χ4v) is 2.55. The Morgan fingerprint density at radius 3 is 2.74 bits per heavy atom. The van der Waals surface area contributed by atoms with E-state index in [1.165, 1.54) is 17.7 Å². The summed E-state index contributed by atoms with van der Waals surface area (Å²) in [5.41, 5.74) is 1.21. The molecule has 0 amide bonds. The van der Waals surface area contributed by atoms with Crippen LogP contribution in [0.4, 0.5) is 4.39 Å². The molecule has 0 aliphatic heterocycles. The van der Waals surface area contributed by atoms with E-state index in [0.717, 1.165) is 25.5 Å². The molecule has 0 aliphatic rings. The highest BCUT2D eigenvalue weighted by Crippen LogP contribution is 2.11. The van der Waals surface area contributed by atoms with Crippen molar-refractivity contribution in [2.24, 2.45) is 4.99 Å². The molecule has 1 aromatic heterocycles. The molecule has 0 atom stereocenters. The van der Waals surface area contributed by atoms with Gasteiger partial charge in [0.05, 0.1) is 13.2 Å². The van der Waals surface area contributed by atoms with Gasteiger partial charge < -0.3 is 15.4 Å². The Labute approximate surface area is 140 Å². The molecule has 2 aromatic rings. The van der Waals surface area contributed by atoms with Gasteiger partial charge in [-0.1, -0.05) is 0 Å². The van der Waals surface area contributed by atoms with Gasteiger partial charge in [-0.3, -0.25) is 0 Å². The molecule has 1 aromatic carbocycles. The summed E-state index contributed by atoms with van der Waals surface area (Å²) in [6.07, 6.45) is 0.834. The van der Waals surface area contributed by atoms with Gasteiger partial charge in [-0.2, -0.15) is 11.3 Å². The van der Waals surface area contributed by atoms with Crippen LogP contribution < -0.4 is 15.4 Å². The lowest BCUT2D eigenvalue weighted by molar-refractivity contribution is 0.310. The minimum Gasteiger partial charge on any atom is -0.494 e. The molecule has 0 unspecified atom stereocenters.